The van der Waals surface area contributed by atoms with Crippen LogP contribution in [0.25, 0.3) is 22.6 Å². The summed E-state index contributed by atoms with van der Waals surface area (Å²) in [6.07, 6.45) is 0. The molecule has 1 aromatic carbocycles. The predicted octanol–water partition coefficient (Wildman–Crippen LogP) is 1.73. The van der Waals surface area contributed by atoms with E-state index in [0.717, 1.165) is 0 Å². The summed E-state index contributed by atoms with van der Waals surface area (Å²) < 4.78 is 5.53. The van der Waals surface area contributed by atoms with E-state index in [1.807, 2.05) is 0 Å². The van der Waals surface area contributed by atoms with Gasteiger partial charge in [-0.3, -0.25) is 4.79 Å². The van der Waals surface area contributed by atoms with Crippen LogP contribution in [0.2, 0.25) is 0 Å². The minimum Gasteiger partial charge on any atom is -0.593 e. The van der Waals surface area contributed by atoms with E-state index < -0.39 is 0 Å². The van der Waals surface area contributed by atoms with Crippen molar-refractivity contribution >= 4 is 11.1 Å². The fourth-order valence-corrected chi connectivity index (χ4v) is 1.61. The first kappa shape index (κ1) is 8.91. The lowest BCUT2D eigenvalue weighted by atomic mass is 10.2. The summed E-state index contributed by atoms with van der Waals surface area (Å²) in [7, 11) is 0. The molecule has 2 aliphatic rings. The Morgan fingerprint density at radius 3 is 2.88 bits per heavy atom. The van der Waals surface area contributed by atoms with Gasteiger partial charge in [0.15, 0.2) is 16.8 Å². The molecule has 0 amide bonds. The molecule has 0 bridgehead atoms. The third-order valence-corrected chi connectivity index (χ3v) is 2.35. The number of hydrogen-bond acceptors (Lipinski definition) is 3. The quantitative estimate of drug-likeness (QED) is 0.422. The van der Waals surface area contributed by atoms with Crippen LogP contribution in [0.3, 0.4) is 0 Å². The molecule has 3 rings (SSSR count). The molecule has 0 atom stereocenters. The van der Waals surface area contributed by atoms with Gasteiger partial charge < -0.3 is 9.52 Å². The van der Waals surface area contributed by atoms with Gasteiger partial charge in [-0.2, -0.15) is 0 Å². The molecule has 16 heavy (non-hydrogen) atoms. The van der Waals surface area contributed by atoms with Crippen LogP contribution in [0.5, 0.6) is 5.75 Å². The number of nitrogens with zero attached hydrogens (tertiary/aromatic N) is 1. The largest absolute Gasteiger partial charge is 0.593 e. The average Bonchev–Trinajstić information content (AvgIpc) is 2.26. The van der Waals surface area contributed by atoms with Crippen molar-refractivity contribution in [3.05, 3.63) is 46.6 Å². The molecule has 0 radical (unpaired) electrons. The molecule has 0 aromatic heterocycles. The number of hydrogen-bond donors (Lipinski definition) is 0. The van der Waals surface area contributed by atoms with Crippen molar-refractivity contribution in [3.63, 3.8) is 0 Å². The van der Waals surface area contributed by atoms with E-state index in [4.69, 9.17) is 9.52 Å². The summed E-state index contributed by atoms with van der Waals surface area (Å²) in [5.74, 6) is 0.807. The Bertz CT molecular complexity index is 702. The molecule has 1 aliphatic heterocycles. The van der Waals surface area contributed by atoms with Crippen LogP contribution < -0.4 is 5.43 Å². The molecule has 2 N–H and O–H groups in total. The molecular formula is C12H8NO3+. The zero-order valence-corrected chi connectivity index (χ0v) is 8.23. The van der Waals surface area contributed by atoms with Gasteiger partial charge in [0.1, 0.15) is 11.2 Å². The van der Waals surface area contributed by atoms with Crippen LogP contribution in [0.1, 0.15) is 0 Å². The van der Waals surface area contributed by atoms with Gasteiger partial charge in [0, 0.05) is 12.1 Å². The summed E-state index contributed by atoms with van der Waals surface area (Å²) in [6, 6.07) is 9.45. The van der Waals surface area contributed by atoms with Gasteiger partial charge in [0.25, 0.3) is 5.75 Å². The smallest absolute Gasteiger partial charge is 0.257 e. The molecule has 0 unspecified atom stereocenters. The Morgan fingerprint density at radius 2 is 2.00 bits per heavy atom. The van der Waals surface area contributed by atoms with Gasteiger partial charge in [-0.1, -0.05) is 0 Å². The van der Waals surface area contributed by atoms with Gasteiger partial charge in [-0.05, 0) is 18.2 Å². The van der Waals surface area contributed by atoms with E-state index >= 15 is 0 Å². The Kier molecular flexibility index (Phi) is 1.71. The zero-order chi connectivity index (χ0) is 11.1. The monoisotopic (exact) mass is 214 g/mol. The van der Waals surface area contributed by atoms with Gasteiger partial charge in [0.05, 0.1) is 6.07 Å². The number of aromatic nitrogens is 1. The molecule has 4 nitrogen and oxygen atoms in total. The third-order valence-electron chi connectivity index (χ3n) is 2.35. The highest BCUT2D eigenvalue weighted by atomic mass is 16.3. The van der Waals surface area contributed by atoms with Gasteiger partial charge in [-0.15, -0.1) is 0 Å². The second kappa shape index (κ2) is 3.06. The lowest BCUT2D eigenvalue weighted by molar-refractivity contribution is 0.474. The molecule has 1 aromatic rings. The standard InChI is InChI=1S/C12H7NO3/c14-7-1-3-9-11(5-7)16-12-6-8(15)2-4-10(12)13-9/h1-6,14H/p+1. The van der Waals surface area contributed by atoms with Gasteiger partial charge in [-0.25, -0.2) is 4.98 Å². The van der Waals surface area contributed by atoms with E-state index in [9.17, 15) is 4.79 Å². The highest BCUT2D eigenvalue weighted by Crippen LogP contribution is 2.25. The summed E-state index contributed by atoms with van der Waals surface area (Å²) >= 11 is 0. The van der Waals surface area contributed by atoms with Crippen molar-refractivity contribution < 1.29 is 9.52 Å². The first-order chi connectivity index (χ1) is 7.72. The van der Waals surface area contributed by atoms with Crippen molar-refractivity contribution in [1.29, 1.82) is 0 Å². The van der Waals surface area contributed by atoms with Crippen LogP contribution >= 0.6 is 0 Å². The molecule has 0 spiro atoms. The van der Waals surface area contributed by atoms with Crippen LogP contribution in [0.15, 0.2) is 45.6 Å². The Labute approximate surface area is 90.1 Å². The van der Waals surface area contributed by atoms with Crippen LogP contribution in [-0.4, -0.2) is 10.1 Å². The fraction of sp³-hybridized carbons (Fsp3) is 0. The molecule has 0 fully saturated rings. The van der Waals surface area contributed by atoms with Gasteiger partial charge in [0.2, 0.25) is 0 Å². The minimum absolute atomic E-state index is 0.112. The maximum absolute atomic E-state index is 11.2. The van der Waals surface area contributed by atoms with Gasteiger partial charge >= 0.3 is 0 Å². The predicted molar refractivity (Wildman–Crippen MR) is 60.0 cm³/mol. The molecular weight excluding hydrogens is 206 g/mol. The highest BCUT2D eigenvalue weighted by Gasteiger charge is 2.09. The lowest BCUT2D eigenvalue weighted by Crippen LogP contribution is -1.99. The van der Waals surface area contributed by atoms with Crippen molar-refractivity contribution in [3.8, 4) is 17.2 Å². The fourth-order valence-electron chi connectivity index (χ4n) is 1.61. The number of fused-ring (bicyclic) bond motifs is 2. The van der Waals surface area contributed by atoms with Crippen LogP contribution in [-0.2, 0) is 0 Å². The molecule has 0 saturated carbocycles. The molecule has 0 saturated heterocycles. The molecule has 1 aliphatic carbocycles. The first-order valence-electron chi connectivity index (χ1n) is 4.79. The van der Waals surface area contributed by atoms with Crippen LogP contribution in [0.4, 0.5) is 0 Å². The summed E-state index contributed by atoms with van der Waals surface area (Å²) in [5.41, 5.74) is 1.73. The Morgan fingerprint density at radius 1 is 1.12 bits per heavy atom. The normalized spacial score (nSPS) is 11.0. The molecule has 1 heterocycles. The topological polar surface area (TPSA) is 66.0 Å². The van der Waals surface area contributed by atoms with Crippen molar-refractivity contribution in [2.75, 3.05) is 0 Å². The van der Waals surface area contributed by atoms with E-state index in [2.05, 4.69) is 4.98 Å². The molecule has 78 valence electrons. The summed E-state index contributed by atoms with van der Waals surface area (Å²) in [4.78, 5) is 15.5. The number of rotatable bonds is 0. The minimum atomic E-state index is -0.112. The summed E-state index contributed by atoms with van der Waals surface area (Å²) in [5, 5.41) is 7.48. The molecule has 4 heteroatoms. The third kappa shape index (κ3) is 1.32. The highest BCUT2D eigenvalue weighted by molar-refractivity contribution is 5.77. The van der Waals surface area contributed by atoms with E-state index in [1.54, 1.807) is 24.3 Å². The van der Waals surface area contributed by atoms with Crippen molar-refractivity contribution in [2.24, 2.45) is 0 Å². The maximum Gasteiger partial charge on any atom is 0.257 e. The zero-order valence-electron chi connectivity index (χ0n) is 8.23. The average molecular weight is 214 g/mol. The SMILES string of the molecule is O=c1ccc2nc3ccc([OH2+])cc3oc-2c1. The van der Waals surface area contributed by atoms with E-state index in [0.29, 0.717) is 28.3 Å². The van der Waals surface area contributed by atoms with Crippen LogP contribution in [0, 0.1) is 0 Å². The van der Waals surface area contributed by atoms with E-state index in [-0.39, 0.29) is 5.43 Å². The Balaban J connectivity index is 2.46. The van der Waals surface area contributed by atoms with Crippen molar-refractivity contribution in [2.45, 2.75) is 0 Å². The van der Waals surface area contributed by atoms with Crippen molar-refractivity contribution in [1.82, 2.24) is 4.98 Å². The second-order valence-electron chi connectivity index (χ2n) is 3.53. The first-order valence-corrected chi connectivity index (χ1v) is 4.79. The lowest BCUT2D eigenvalue weighted by Gasteiger charge is -2.04. The second-order valence-corrected chi connectivity index (χ2v) is 3.53. The maximum atomic E-state index is 11.2. The Hall–Kier alpha value is -2.36. The number of benzene rings is 2. The van der Waals surface area contributed by atoms with E-state index in [1.165, 1.54) is 12.1 Å². The summed E-state index contributed by atoms with van der Waals surface area (Å²) in [6.45, 7) is 0.